The molecule has 1 N–H and O–H groups in total. The Balaban J connectivity index is 2.81. The van der Waals surface area contributed by atoms with E-state index in [9.17, 15) is 8.42 Å². The Bertz CT molecular complexity index is 460. The van der Waals surface area contributed by atoms with E-state index in [0.717, 1.165) is 0 Å². The molecule has 0 radical (unpaired) electrons. The molecule has 1 aromatic heterocycles. The van der Waals surface area contributed by atoms with Crippen molar-refractivity contribution in [1.29, 1.82) is 0 Å². The van der Waals surface area contributed by atoms with Gasteiger partial charge >= 0.3 is 0 Å². The van der Waals surface area contributed by atoms with Crippen LogP contribution in [0.2, 0.25) is 0 Å². The number of alkyl halides is 1. The van der Waals surface area contributed by atoms with Gasteiger partial charge in [0.25, 0.3) is 0 Å². The van der Waals surface area contributed by atoms with Crippen LogP contribution in [0.15, 0.2) is 11.1 Å². The maximum Gasteiger partial charge on any atom is 0.246 e. The molecule has 0 fully saturated rings. The summed E-state index contributed by atoms with van der Waals surface area (Å²) in [5.41, 5.74) is 0.537. The summed E-state index contributed by atoms with van der Waals surface area (Å²) in [6.45, 7) is 2.46. The lowest BCUT2D eigenvalue weighted by Gasteiger charge is -2.19. The van der Waals surface area contributed by atoms with E-state index in [2.05, 4.69) is 26.1 Å². The minimum absolute atomic E-state index is 0.0421. The van der Waals surface area contributed by atoms with Gasteiger partial charge in [-0.15, -0.1) is 0 Å². The van der Waals surface area contributed by atoms with Crippen LogP contribution in [-0.2, 0) is 14.8 Å². The summed E-state index contributed by atoms with van der Waals surface area (Å²) < 4.78 is 30.5. The summed E-state index contributed by atoms with van der Waals surface area (Å²) in [5.74, 6) is 0. The van der Waals surface area contributed by atoms with Crippen LogP contribution >= 0.6 is 15.9 Å². The van der Waals surface area contributed by atoms with Crippen molar-refractivity contribution < 1.29 is 13.2 Å². The number of nitrogens with one attached hydrogen (secondary N) is 1. The molecule has 98 valence electrons. The van der Waals surface area contributed by atoms with Crippen molar-refractivity contribution >= 4 is 26.0 Å². The van der Waals surface area contributed by atoms with Crippen LogP contribution in [-0.4, -0.2) is 55.1 Å². The van der Waals surface area contributed by atoms with Crippen molar-refractivity contribution in [2.45, 2.75) is 16.6 Å². The van der Waals surface area contributed by atoms with Crippen LogP contribution in [0.25, 0.3) is 0 Å². The Labute approximate surface area is 110 Å². The van der Waals surface area contributed by atoms with Crippen LogP contribution in [0.5, 0.6) is 0 Å². The first-order chi connectivity index (χ1) is 7.89. The third-order valence-corrected chi connectivity index (χ3v) is 4.77. The number of hydrogen-bond donors (Lipinski definition) is 1. The van der Waals surface area contributed by atoms with E-state index in [1.165, 1.54) is 17.5 Å². The predicted octanol–water partition coefficient (Wildman–Crippen LogP) is 0.749. The summed E-state index contributed by atoms with van der Waals surface area (Å²) >= 11 is 3.36. The minimum Gasteiger partial charge on any atom is -0.383 e. The second-order valence-electron chi connectivity index (χ2n) is 3.70. The van der Waals surface area contributed by atoms with E-state index < -0.39 is 10.0 Å². The van der Waals surface area contributed by atoms with E-state index in [-0.39, 0.29) is 9.72 Å². The fourth-order valence-electron chi connectivity index (χ4n) is 1.38. The Hall–Kier alpha value is -0.440. The van der Waals surface area contributed by atoms with Gasteiger partial charge in [-0.1, -0.05) is 15.9 Å². The van der Waals surface area contributed by atoms with Gasteiger partial charge in [-0.2, -0.15) is 9.40 Å². The predicted molar refractivity (Wildman–Crippen MR) is 67.7 cm³/mol. The van der Waals surface area contributed by atoms with Crippen LogP contribution in [0.3, 0.4) is 0 Å². The second-order valence-corrected chi connectivity index (χ2v) is 7.01. The highest BCUT2D eigenvalue weighted by Gasteiger charge is 2.25. The molecule has 0 saturated heterocycles. The molecule has 1 atom stereocenters. The quantitative estimate of drug-likeness (QED) is 0.783. The Morgan fingerprint density at radius 2 is 2.29 bits per heavy atom. The number of aromatic amines is 1. The number of H-pyrrole nitrogens is 1. The molecule has 0 aliphatic heterocycles. The van der Waals surface area contributed by atoms with Crippen molar-refractivity contribution in [3.63, 3.8) is 0 Å². The Kier molecular flexibility index (Phi) is 5.11. The fourth-order valence-corrected chi connectivity index (χ4v) is 3.60. The van der Waals surface area contributed by atoms with Gasteiger partial charge in [-0.25, -0.2) is 8.42 Å². The van der Waals surface area contributed by atoms with Gasteiger partial charge in [0.15, 0.2) is 0 Å². The highest BCUT2D eigenvalue weighted by atomic mass is 79.9. The summed E-state index contributed by atoms with van der Waals surface area (Å²) in [7, 11) is -0.380. The van der Waals surface area contributed by atoms with E-state index in [0.29, 0.717) is 18.8 Å². The summed E-state index contributed by atoms with van der Waals surface area (Å²) in [6, 6.07) is 0. The minimum atomic E-state index is -3.49. The lowest BCUT2D eigenvalue weighted by Crippen LogP contribution is -2.33. The molecule has 17 heavy (non-hydrogen) atoms. The highest BCUT2D eigenvalue weighted by molar-refractivity contribution is 9.09. The molecule has 1 aromatic rings. The van der Waals surface area contributed by atoms with Crippen molar-refractivity contribution in [3.8, 4) is 0 Å². The normalized spacial score (nSPS) is 14.2. The number of nitrogens with zero attached hydrogens (tertiary/aromatic N) is 2. The third-order valence-electron chi connectivity index (χ3n) is 2.27. The first-order valence-corrected chi connectivity index (χ1v) is 7.34. The van der Waals surface area contributed by atoms with E-state index in [1.54, 1.807) is 14.0 Å². The fraction of sp³-hybridized carbons (Fsp3) is 0.667. The van der Waals surface area contributed by atoms with Crippen LogP contribution in [0, 0.1) is 6.92 Å². The summed E-state index contributed by atoms with van der Waals surface area (Å²) in [4.78, 5) is 0.164. The zero-order chi connectivity index (χ0) is 13.1. The zero-order valence-corrected chi connectivity index (χ0v) is 12.4. The summed E-state index contributed by atoms with van der Waals surface area (Å²) in [5, 5.41) is 6.33. The summed E-state index contributed by atoms with van der Waals surface area (Å²) in [6.07, 6.45) is 1.32. The van der Waals surface area contributed by atoms with E-state index in [4.69, 9.17) is 4.74 Å². The standard InChI is InChI=1S/C9H16BrN3O3S/c1-7-9(4-11-12-7)17(14,15)13(2)5-8(10)6-16-3/h4,8H,5-6H2,1-3H3,(H,11,12). The largest absolute Gasteiger partial charge is 0.383 e. The van der Waals surface area contributed by atoms with Crippen molar-refractivity contribution in [2.24, 2.45) is 0 Å². The van der Waals surface area contributed by atoms with Gasteiger partial charge in [0.1, 0.15) is 4.90 Å². The topological polar surface area (TPSA) is 75.3 Å². The SMILES string of the molecule is COCC(Br)CN(C)S(=O)(=O)c1cn[nH]c1C. The van der Waals surface area contributed by atoms with Crippen LogP contribution in [0.1, 0.15) is 5.69 Å². The van der Waals surface area contributed by atoms with E-state index >= 15 is 0 Å². The Morgan fingerprint density at radius 1 is 1.65 bits per heavy atom. The number of hydrogen-bond acceptors (Lipinski definition) is 4. The van der Waals surface area contributed by atoms with Gasteiger partial charge in [-0.05, 0) is 6.92 Å². The molecule has 0 aromatic carbocycles. The Morgan fingerprint density at radius 3 is 2.76 bits per heavy atom. The number of methoxy groups -OCH3 is 1. The van der Waals surface area contributed by atoms with Gasteiger partial charge < -0.3 is 4.74 Å². The highest BCUT2D eigenvalue weighted by Crippen LogP contribution is 2.17. The number of aromatic nitrogens is 2. The lowest BCUT2D eigenvalue weighted by atomic mass is 10.4. The van der Waals surface area contributed by atoms with Gasteiger partial charge in [0.2, 0.25) is 10.0 Å². The molecule has 0 saturated carbocycles. The molecule has 0 aliphatic rings. The zero-order valence-electron chi connectivity index (χ0n) is 9.97. The molecule has 1 heterocycles. The average Bonchev–Trinajstić information content (AvgIpc) is 2.65. The third kappa shape index (κ3) is 3.51. The second kappa shape index (κ2) is 5.94. The maximum absolute atomic E-state index is 12.2. The number of aryl methyl sites for hydroxylation is 1. The van der Waals surface area contributed by atoms with Crippen molar-refractivity contribution in [3.05, 3.63) is 11.9 Å². The van der Waals surface area contributed by atoms with Crippen LogP contribution < -0.4 is 0 Å². The number of rotatable bonds is 6. The van der Waals surface area contributed by atoms with Crippen molar-refractivity contribution in [1.82, 2.24) is 14.5 Å². The molecule has 0 amide bonds. The first kappa shape index (κ1) is 14.6. The molecular weight excluding hydrogens is 310 g/mol. The van der Waals surface area contributed by atoms with Gasteiger partial charge in [-0.3, -0.25) is 5.10 Å². The van der Waals surface area contributed by atoms with Crippen molar-refractivity contribution in [2.75, 3.05) is 27.3 Å². The lowest BCUT2D eigenvalue weighted by molar-refractivity contribution is 0.195. The number of ether oxygens (including phenoxy) is 1. The molecule has 1 rings (SSSR count). The molecule has 6 nitrogen and oxygen atoms in total. The number of halogens is 1. The smallest absolute Gasteiger partial charge is 0.246 e. The monoisotopic (exact) mass is 325 g/mol. The number of sulfonamides is 1. The first-order valence-electron chi connectivity index (χ1n) is 4.99. The molecule has 0 aliphatic carbocycles. The van der Waals surface area contributed by atoms with Crippen LogP contribution in [0.4, 0.5) is 0 Å². The molecule has 0 spiro atoms. The molecule has 0 bridgehead atoms. The molecule has 1 unspecified atom stereocenters. The average molecular weight is 326 g/mol. The molecular formula is C9H16BrN3O3S. The molecule has 8 heteroatoms. The maximum atomic E-state index is 12.2. The van der Waals surface area contributed by atoms with Gasteiger partial charge in [0.05, 0.1) is 23.3 Å². The van der Waals surface area contributed by atoms with Gasteiger partial charge in [0, 0.05) is 20.7 Å². The van der Waals surface area contributed by atoms with E-state index in [1.807, 2.05) is 0 Å².